The summed E-state index contributed by atoms with van der Waals surface area (Å²) in [5.41, 5.74) is 14.2. The molecule has 0 spiro atoms. The highest BCUT2D eigenvalue weighted by Crippen LogP contribution is 2.42. The van der Waals surface area contributed by atoms with E-state index in [2.05, 4.69) is 15.5 Å². The fourth-order valence-electron chi connectivity index (χ4n) is 7.14. The lowest BCUT2D eigenvalue weighted by atomic mass is 9.98. The molecule has 4 aromatic carbocycles. The molecule has 12 nitrogen and oxygen atoms in total. The van der Waals surface area contributed by atoms with Gasteiger partial charge in [-0.3, -0.25) is 0 Å². The Hall–Kier alpha value is -5.63. The Morgan fingerprint density at radius 2 is 1.24 bits per heavy atom. The summed E-state index contributed by atoms with van der Waals surface area (Å²) in [7, 11) is 9.90. The van der Waals surface area contributed by atoms with Crippen LogP contribution in [0.25, 0.3) is 22.2 Å². The number of fused-ring (bicyclic) bond motifs is 1. The predicted molar refractivity (Wildman–Crippen MR) is 231 cm³/mol. The molecular weight excluding hydrogens is 755 g/mol. The number of imidazole rings is 1. The Morgan fingerprint density at radius 3 is 1.72 bits per heavy atom. The van der Waals surface area contributed by atoms with Gasteiger partial charge in [-0.05, 0) is 74.4 Å². The monoisotopic (exact) mass is 807 g/mol. The number of methoxy groups -OCH3 is 6. The molecule has 58 heavy (non-hydrogen) atoms. The van der Waals surface area contributed by atoms with Gasteiger partial charge in [0.1, 0.15) is 52.4 Å². The summed E-state index contributed by atoms with van der Waals surface area (Å²) < 4.78 is 42.7. The number of aryl methyl sites for hydroxylation is 1. The van der Waals surface area contributed by atoms with Gasteiger partial charge in [-0.25, -0.2) is 9.97 Å². The minimum absolute atomic E-state index is 0.161. The van der Waals surface area contributed by atoms with Gasteiger partial charge in [0.05, 0.1) is 54.7 Å². The first-order valence-corrected chi connectivity index (χ1v) is 19.5. The van der Waals surface area contributed by atoms with E-state index in [1.54, 1.807) is 42.7 Å². The molecule has 0 bridgehead atoms. The van der Waals surface area contributed by atoms with E-state index in [4.69, 9.17) is 61.5 Å². The maximum atomic E-state index is 6.32. The SMILES string of the molecule is CCOCc1nc2c(N(Cc3ccc(OC)cc3OC)Cc3ccc(OC)cc3OC)nc(C)c(-c3ccc(C(C)N)cc3S)c2n1Cc1ccc(OC)cc1OC. The number of nitrogens with zero attached hydrogens (tertiary/aromatic N) is 4. The Bertz CT molecular complexity index is 2320. The van der Waals surface area contributed by atoms with Crippen molar-refractivity contribution in [2.24, 2.45) is 5.73 Å². The number of hydrogen-bond acceptors (Lipinski definition) is 12. The highest BCUT2D eigenvalue weighted by atomic mass is 32.1. The summed E-state index contributed by atoms with van der Waals surface area (Å²) in [5, 5.41) is 0. The van der Waals surface area contributed by atoms with Crippen LogP contribution >= 0.6 is 12.6 Å². The van der Waals surface area contributed by atoms with Crippen molar-refractivity contribution in [2.45, 2.75) is 57.9 Å². The first-order chi connectivity index (χ1) is 28.1. The van der Waals surface area contributed by atoms with Crippen LogP contribution in [0.3, 0.4) is 0 Å². The van der Waals surface area contributed by atoms with E-state index in [9.17, 15) is 0 Å². The van der Waals surface area contributed by atoms with Gasteiger partial charge >= 0.3 is 0 Å². The second-order valence-electron chi connectivity index (χ2n) is 13.8. The van der Waals surface area contributed by atoms with Crippen molar-refractivity contribution >= 4 is 29.5 Å². The van der Waals surface area contributed by atoms with Crippen LogP contribution in [-0.4, -0.2) is 63.8 Å². The highest BCUT2D eigenvalue weighted by Gasteiger charge is 2.28. The van der Waals surface area contributed by atoms with E-state index in [1.165, 1.54) is 0 Å². The van der Waals surface area contributed by atoms with Crippen molar-refractivity contribution in [1.29, 1.82) is 0 Å². The molecule has 1 atom stereocenters. The maximum absolute atomic E-state index is 6.32. The van der Waals surface area contributed by atoms with Gasteiger partial charge in [0, 0.05) is 76.8 Å². The molecule has 1 unspecified atom stereocenters. The third kappa shape index (κ3) is 8.76. The highest BCUT2D eigenvalue weighted by molar-refractivity contribution is 7.80. The van der Waals surface area contributed by atoms with Crippen LogP contribution in [0.4, 0.5) is 5.82 Å². The predicted octanol–water partition coefficient (Wildman–Crippen LogP) is 8.56. The lowest BCUT2D eigenvalue weighted by Crippen LogP contribution is -2.25. The van der Waals surface area contributed by atoms with Gasteiger partial charge in [-0.15, -0.1) is 12.6 Å². The smallest absolute Gasteiger partial charge is 0.157 e. The minimum atomic E-state index is -0.161. The molecular formula is C45H53N5O7S. The lowest BCUT2D eigenvalue weighted by molar-refractivity contribution is 0.126. The molecule has 0 radical (unpaired) electrons. The molecule has 0 aliphatic rings. The van der Waals surface area contributed by atoms with Crippen LogP contribution in [-0.2, 0) is 31.0 Å². The van der Waals surface area contributed by atoms with Gasteiger partial charge in [0.15, 0.2) is 5.82 Å². The number of ether oxygens (including phenoxy) is 7. The summed E-state index contributed by atoms with van der Waals surface area (Å²) in [6.45, 7) is 7.96. The molecule has 2 N–H and O–H groups in total. The summed E-state index contributed by atoms with van der Waals surface area (Å²) in [5.74, 6) is 5.51. The van der Waals surface area contributed by atoms with E-state index in [-0.39, 0.29) is 12.6 Å². The second-order valence-corrected chi connectivity index (χ2v) is 14.3. The molecule has 0 fully saturated rings. The molecule has 0 aliphatic heterocycles. The van der Waals surface area contributed by atoms with Crippen molar-refractivity contribution in [1.82, 2.24) is 14.5 Å². The molecule has 0 saturated heterocycles. The zero-order valence-corrected chi connectivity index (χ0v) is 35.6. The van der Waals surface area contributed by atoms with Crippen LogP contribution in [0.1, 0.15) is 53.7 Å². The zero-order chi connectivity index (χ0) is 41.5. The number of benzene rings is 4. The Labute approximate surface area is 346 Å². The summed E-state index contributed by atoms with van der Waals surface area (Å²) in [4.78, 5) is 13.8. The van der Waals surface area contributed by atoms with Gasteiger partial charge in [-0.2, -0.15) is 0 Å². The molecule has 6 rings (SSSR count). The standard InChI is InChI=1S/C45H53N5O7S/c1-10-57-26-41-48-43-44(50(41)25-32-13-17-35(53-6)22-39(32)56-9)42(36-18-14-29(27(2)46)19-40(36)58)28(3)47-45(43)49(23-30-11-15-33(51-4)20-37(30)54-7)24-31-12-16-34(52-5)21-38(31)55-8/h11-22,27,58H,10,23-26,46H2,1-9H3. The maximum Gasteiger partial charge on any atom is 0.157 e. The van der Waals surface area contributed by atoms with Crippen molar-refractivity contribution in [3.05, 3.63) is 107 Å². The van der Waals surface area contributed by atoms with Crippen molar-refractivity contribution in [2.75, 3.05) is 54.2 Å². The van der Waals surface area contributed by atoms with Crippen LogP contribution in [0.2, 0.25) is 0 Å². The van der Waals surface area contributed by atoms with Crippen LogP contribution in [0.15, 0.2) is 77.7 Å². The van der Waals surface area contributed by atoms with Crippen LogP contribution in [0.5, 0.6) is 34.5 Å². The number of pyridine rings is 1. The Balaban J connectivity index is 1.67. The fourth-order valence-corrected chi connectivity index (χ4v) is 7.48. The third-order valence-corrected chi connectivity index (χ3v) is 10.6. The summed E-state index contributed by atoms with van der Waals surface area (Å²) >= 11 is 5.04. The summed E-state index contributed by atoms with van der Waals surface area (Å²) in [6.07, 6.45) is 0. The van der Waals surface area contributed by atoms with Gasteiger partial charge in [0.25, 0.3) is 0 Å². The van der Waals surface area contributed by atoms with Gasteiger partial charge < -0.3 is 48.4 Å². The average molecular weight is 808 g/mol. The van der Waals surface area contributed by atoms with E-state index >= 15 is 0 Å². The molecule has 2 heterocycles. The molecule has 6 aromatic rings. The molecule has 0 aliphatic carbocycles. The topological polar surface area (TPSA) is 125 Å². The normalized spacial score (nSPS) is 11.7. The van der Waals surface area contributed by atoms with Gasteiger partial charge in [-0.1, -0.05) is 12.1 Å². The van der Waals surface area contributed by atoms with Crippen LogP contribution < -0.4 is 39.1 Å². The minimum Gasteiger partial charge on any atom is -0.497 e. The number of rotatable bonds is 18. The third-order valence-electron chi connectivity index (χ3n) is 10.2. The van der Waals surface area contributed by atoms with Crippen LogP contribution in [0, 0.1) is 6.92 Å². The fraction of sp³-hybridized carbons (Fsp3) is 0.333. The Morgan fingerprint density at radius 1 is 0.707 bits per heavy atom. The molecule has 13 heteroatoms. The van der Waals surface area contributed by atoms with Crippen molar-refractivity contribution in [3.8, 4) is 45.6 Å². The van der Waals surface area contributed by atoms with E-state index in [0.29, 0.717) is 72.1 Å². The first-order valence-electron chi connectivity index (χ1n) is 19.0. The van der Waals surface area contributed by atoms with Crippen molar-refractivity contribution in [3.63, 3.8) is 0 Å². The largest absolute Gasteiger partial charge is 0.497 e. The summed E-state index contributed by atoms with van der Waals surface area (Å²) in [6, 6.07) is 23.5. The number of anilines is 1. The lowest BCUT2D eigenvalue weighted by Gasteiger charge is -2.27. The molecule has 0 amide bonds. The quantitative estimate of drug-likeness (QED) is 0.0812. The number of aromatic nitrogens is 3. The molecule has 0 saturated carbocycles. The van der Waals surface area contributed by atoms with Crippen molar-refractivity contribution < 1.29 is 33.2 Å². The molecule has 306 valence electrons. The number of hydrogen-bond donors (Lipinski definition) is 2. The number of thiol groups is 1. The van der Waals surface area contributed by atoms with E-state index < -0.39 is 0 Å². The Kier molecular flexibility index (Phi) is 13.6. The second kappa shape index (κ2) is 18.8. The van der Waals surface area contributed by atoms with E-state index in [0.717, 1.165) is 55.3 Å². The number of nitrogens with two attached hydrogens (primary N) is 1. The zero-order valence-electron chi connectivity index (χ0n) is 34.7. The van der Waals surface area contributed by atoms with Gasteiger partial charge in [0.2, 0.25) is 0 Å². The average Bonchev–Trinajstić information content (AvgIpc) is 3.59. The molecule has 2 aromatic heterocycles. The van der Waals surface area contributed by atoms with E-state index in [1.807, 2.05) is 87.5 Å². The first kappa shape index (κ1) is 42.0.